The van der Waals surface area contributed by atoms with Crippen molar-refractivity contribution < 1.29 is 0 Å². The van der Waals surface area contributed by atoms with E-state index in [0.29, 0.717) is 23.3 Å². The minimum absolute atomic E-state index is 0.0579. The summed E-state index contributed by atoms with van der Waals surface area (Å²) >= 11 is 0. The lowest BCUT2D eigenvalue weighted by molar-refractivity contribution is 0.795. The van der Waals surface area contributed by atoms with Crippen LogP contribution in [0.1, 0.15) is 50.7 Å². The molecule has 514 valence electrons. The molecule has 5 heterocycles. The predicted octanol–water partition coefficient (Wildman–Crippen LogP) is 23.5. The Bertz CT molecular complexity index is 5910. The van der Waals surface area contributed by atoms with Gasteiger partial charge >= 0.3 is 0 Å². The number of benzene rings is 14. The van der Waals surface area contributed by atoms with Gasteiger partial charge in [0.1, 0.15) is 0 Å². The number of hydrogen-bond donors (Lipinski definition) is 0. The lowest BCUT2D eigenvalue weighted by Gasteiger charge is -2.44. The summed E-state index contributed by atoms with van der Waals surface area (Å²) in [4.78, 5) is 32.1. The number of para-hydroxylation sites is 1. The normalized spacial score (nSPS) is 12.1. The predicted molar refractivity (Wildman–Crippen MR) is 450 cm³/mol. The van der Waals surface area contributed by atoms with Crippen LogP contribution in [-0.4, -0.2) is 36.2 Å². The molecule has 2 aliphatic heterocycles. The molecule has 14 aromatic carbocycles. The first kappa shape index (κ1) is 65.4. The third kappa shape index (κ3) is 12.1. The Morgan fingerprint density at radius 3 is 1.17 bits per heavy atom. The van der Waals surface area contributed by atoms with Gasteiger partial charge in [-0.2, -0.15) is 0 Å². The van der Waals surface area contributed by atoms with Crippen molar-refractivity contribution in [1.29, 1.82) is 0 Å². The summed E-state index contributed by atoms with van der Waals surface area (Å²) in [5.41, 5.74) is 30.5. The topological polar surface area (TPSA) is 75.9 Å². The minimum Gasteiger partial charge on any atom is -0.311 e. The van der Waals surface area contributed by atoms with Crippen molar-refractivity contribution in [2.45, 2.75) is 52.4 Å². The standard InChI is InChI=1S/C99H75BN8/c1-3-5-27-66-43-55-84-91(59-66)106(79-51-45-70(46-52-79)68-29-13-7-14-30-68)93-63-78(64-94-95(93)100(84)85-56-44-67(28-6-4-2)60-92(85)107(94)80-53-47-71(48-54-80)69-31-15-8-16-32-69)76-49-57-89-82(61-76)81-41-25-26-42-88(81)108(89)90-58-50-77(98-101-86(72-33-17-9-18-34-72)65-87(102-98)73-35-19-10-20-36-73)62-83(90)99-104-96(74-37-21-11-22-38-74)103-97(105-99)75-39-23-12-24-40-75/h7-26,29-65H,3-6,27-28H2,1-2H3. The summed E-state index contributed by atoms with van der Waals surface area (Å²) in [5.74, 6) is 2.23. The van der Waals surface area contributed by atoms with Crippen molar-refractivity contribution in [3.63, 3.8) is 0 Å². The molecule has 0 unspecified atom stereocenters. The molecule has 0 aliphatic carbocycles. The molecular weight excluding hydrogens is 1310 g/mol. The highest BCUT2D eigenvalue weighted by molar-refractivity contribution is 7.00. The van der Waals surface area contributed by atoms with Crippen molar-refractivity contribution in [2.24, 2.45) is 0 Å². The van der Waals surface area contributed by atoms with E-state index in [1.807, 2.05) is 48.5 Å². The van der Waals surface area contributed by atoms with Crippen LogP contribution in [0, 0.1) is 0 Å². The molecule has 2 aliphatic rings. The second-order valence-corrected chi connectivity index (χ2v) is 28.4. The summed E-state index contributed by atoms with van der Waals surface area (Å²) in [6, 6.07) is 126. The largest absolute Gasteiger partial charge is 0.311 e. The molecule has 0 saturated heterocycles. The maximum absolute atomic E-state index is 5.48. The number of anilines is 6. The second kappa shape index (κ2) is 28.3. The van der Waals surface area contributed by atoms with Crippen LogP contribution >= 0.6 is 0 Å². The molecule has 0 saturated carbocycles. The molecule has 0 fully saturated rings. The Labute approximate surface area is 630 Å². The van der Waals surface area contributed by atoms with E-state index >= 15 is 0 Å². The molecule has 0 N–H and O–H groups in total. The van der Waals surface area contributed by atoms with Gasteiger partial charge < -0.3 is 14.4 Å². The van der Waals surface area contributed by atoms with Crippen molar-refractivity contribution >= 4 is 79.0 Å². The number of unbranched alkanes of at least 4 members (excludes halogenated alkanes) is 2. The molecular formula is C99H75BN8. The highest BCUT2D eigenvalue weighted by atomic mass is 15.2. The fourth-order valence-corrected chi connectivity index (χ4v) is 16.2. The van der Waals surface area contributed by atoms with Gasteiger partial charge in [0.2, 0.25) is 0 Å². The highest BCUT2D eigenvalue weighted by Gasteiger charge is 2.44. The zero-order chi connectivity index (χ0) is 72.0. The van der Waals surface area contributed by atoms with Gasteiger partial charge in [0.25, 0.3) is 6.71 Å². The first-order valence-corrected chi connectivity index (χ1v) is 37.9. The van der Waals surface area contributed by atoms with E-state index < -0.39 is 0 Å². The van der Waals surface area contributed by atoms with Gasteiger partial charge in [-0.1, -0.05) is 281 Å². The average Bonchev–Trinajstić information content (AvgIpc) is 0.788. The van der Waals surface area contributed by atoms with Crippen molar-refractivity contribution in [3.8, 4) is 107 Å². The van der Waals surface area contributed by atoms with Crippen LogP contribution in [-0.2, 0) is 12.8 Å². The fourth-order valence-electron chi connectivity index (χ4n) is 16.2. The van der Waals surface area contributed by atoms with E-state index in [1.165, 1.54) is 61.1 Å². The zero-order valence-electron chi connectivity index (χ0n) is 60.3. The number of hydrogen-bond acceptors (Lipinski definition) is 7. The lowest BCUT2D eigenvalue weighted by atomic mass is 9.33. The summed E-state index contributed by atoms with van der Waals surface area (Å²) in [6.07, 6.45) is 6.47. The minimum atomic E-state index is -0.0579. The third-order valence-corrected chi connectivity index (χ3v) is 21.6. The smallest absolute Gasteiger partial charge is 0.252 e. The van der Waals surface area contributed by atoms with E-state index in [4.69, 9.17) is 24.9 Å². The first-order chi connectivity index (χ1) is 53.4. The van der Waals surface area contributed by atoms with Crippen molar-refractivity contribution in [1.82, 2.24) is 29.5 Å². The zero-order valence-corrected chi connectivity index (χ0v) is 60.3. The summed E-state index contributed by atoms with van der Waals surface area (Å²) in [5, 5.41) is 2.22. The Balaban J connectivity index is 0.847. The van der Waals surface area contributed by atoms with Gasteiger partial charge in [0.05, 0.1) is 28.1 Å². The average molecular weight is 1390 g/mol. The molecule has 108 heavy (non-hydrogen) atoms. The van der Waals surface area contributed by atoms with Gasteiger partial charge in [-0.15, -0.1) is 0 Å². The number of rotatable bonds is 18. The molecule has 17 aromatic rings. The van der Waals surface area contributed by atoms with Gasteiger partial charge in [-0.3, -0.25) is 0 Å². The molecule has 3 aromatic heterocycles. The number of fused-ring (bicyclic) bond motifs is 7. The highest BCUT2D eigenvalue weighted by Crippen LogP contribution is 2.49. The Kier molecular flexibility index (Phi) is 17.1. The molecule has 0 atom stereocenters. The molecule has 0 spiro atoms. The molecule has 0 bridgehead atoms. The first-order valence-electron chi connectivity index (χ1n) is 37.9. The lowest BCUT2D eigenvalue weighted by Crippen LogP contribution is -2.61. The van der Waals surface area contributed by atoms with Crippen molar-refractivity contribution in [2.75, 3.05) is 9.80 Å². The Morgan fingerprint density at radius 1 is 0.269 bits per heavy atom. The van der Waals surface area contributed by atoms with Crippen LogP contribution < -0.4 is 26.2 Å². The molecule has 9 heteroatoms. The number of aryl methyl sites for hydroxylation is 2. The summed E-state index contributed by atoms with van der Waals surface area (Å²) in [7, 11) is 0. The van der Waals surface area contributed by atoms with Crippen LogP contribution in [0.3, 0.4) is 0 Å². The maximum atomic E-state index is 5.48. The maximum Gasteiger partial charge on any atom is 0.252 e. The van der Waals surface area contributed by atoms with Crippen LogP contribution in [0.15, 0.2) is 346 Å². The molecule has 19 rings (SSSR count). The molecule has 8 nitrogen and oxygen atoms in total. The van der Waals surface area contributed by atoms with Gasteiger partial charge in [0, 0.05) is 78.3 Å². The fraction of sp³-hybridized carbons (Fsp3) is 0.0808. The SMILES string of the molecule is CCCCc1ccc2c(c1)N(c1ccc(-c3ccccc3)cc1)c1cc(-c3ccc4c(c3)c3ccccc3n4-c3ccc(-c4nc(-c5ccccc5)cc(-c5ccccc5)n4)cc3-c3nc(-c4ccccc4)nc(-c4ccccc4)n3)cc3c1B2c1ccc(CCCC)cc1N3c1ccc(-c2ccccc2)cc1. The van der Waals surface area contributed by atoms with Gasteiger partial charge in [0.15, 0.2) is 23.3 Å². The van der Waals surface area contributed by atoms with Crippen LogP contribution in [0.25, 0.3) is 129 Å². The van der Waals surface area contributed by atoms with E-state index in [-0.39, 0.29) is 6.71 Å². The van der Waals surface area contributed by atoms with Crippen LogP contribution in [0.4, 0.5) is 34.1 Å². The Hall–Kier alpha value is -13.4. The number of aromatic nitrogens is 6. The van der Waals surface area contributed by atoms with Gasteiger partial charge in [-0.25, -0.2) is 24.9 Å². The van der Waals surface area contributed by atoms with Crippen LogP contribution in [0.5, 0.6) is 0 Å². The monoisotopic (exact) mass is 1390 g/mol. The summed E-state index contributed by atoms with van der Waals surface area (Å²) in [6.45, 7) is 4.53. The van der Waals surface area contributed by atoms with E-state index in [1.54, 1.807) is 0 Å². The van der Waals surface area contributed by atoms with E-state index in [9.17, 15) is 0 Å². The van der Waals surface area contributed by atoms with Crippen molar-refractivity contribution in [3.05, 3.63) is 357 Å². The summed E-state index contributed by atoms with van der Waals surface area (Å²) < 4.78 is 2.40. The Morgan fingerprint density at radius 2 is 0.676 bits per heavy atom. The second-order valence-electron chi connectivity index (χ2n) is 28.4. The van der Waals surface area contributed by atoms with E-state index in [2.05, 4.69) is 325 Å². The number of nitrogens with zero attached hydrogens (tertiary/aromatic N) is 8. The third-order valence-electron chi connectivity index (χ3n) is 21.6. The molecule has 0 radical (unpaired) electrons. The van der Waals surface area contributed by atoms with Gasteiger partial charge in [-0.05, 0) is 178 Å². The van der Waals surface area contributed by atoms with Crippen LogP contribution in [0.2, 0.25) is 0 Å². The van der Waals surface area contributed by atoms with E-state index in [0.717, 1.165) is 145 Å². The molecule has 0 amide bonds. The quantitative estimate of drug-likeness (QED) is 0.0792.